The average Bonchev–Trinajstić information content (AvgIpc) is 3.38. The van der Waals surface area contributed by atoms with Crippen LogP contribution in [0.3, 0.4) is 0 Å². The molecule has 3 aromatic rings. The normalized spacial score (nSPS) is 14.9. The number of aromatic nitrogens is 4. The highest BCUT2D eigenvalue weighted by atomic mass is 16.5. The second kappa shape index (κ2) is 7.63. The zero-order valence-electron chi connectivity index (χ0n) is 15.0. The van der Waals surface area contributed by atoms with Crippen molar-refractivity contribution < 1.29 is 14.3 Å². The van der Waals surface area contributed by atoms with Crippen LogP contribution in [-0.2, 0) is 4.74 Å². The van der Waals surface area contributed by atoms with Gasteiger partial charge in [-0.05, 0) is 31.0 Å². The summed E-state index contributed by atoms with van der Waals surface area (Å²) >= 11 is 0. The van der Waals surface area contributed by atoms with Crippen LogP contribution in [0.2, 0.25) is 0 Å². The van der Waals surface area contributed by atoms with Crippen LogP contribution >= 0.6 is 0 Å². The maximum absolute atomic E-state index is 12.5. The molecule has 3 heterocycles. The Hall–Kier alpha value is -3.13. The second-order valence-electron chi connectivity index (χ2n) is 6.37. The van der Waals surface area contributed by atoms with E-state index in [1.54, 1.807) is 19.4 Å². The van der Waals surface area contributed by atoms with E-state index in [0.29, 0.717) is 28.9 Å². The molecule has 0 aliphatic carbocycles. The molecular formula is C19H21N5O3. The van der Waals surface area contributed by atoms with E-state index in [9.17, 15) is 4.79 Å². The minimum absolute atomic E-state index is 0.268. The van der Waals surface area contributed by atoms with Gasteiger partial charge in [0.05, 0.1) is 30.7 Å². The van der Waals surface area contributed by atoms with Crippen molar-refractivity contribution in [1.82, 2.24) is 20.0 Å². The third-order valence-electron chi connectivity index (χ3n) is 4.63. The van der Waals surface area contributed by atoms with Crippen molar-refractivity contribution in [3.8, 4) is 17.0 Å². The van der Waals surface area contributed by atoms with Crippen LogP contribution in [0.15, 0.2) is 42.7 Å². The van der Waals surface area contributed by atoms with E-state index in [1.165, 1.54) is 0 Å². The number of amides is 1. The summed E-state index contributed by atoms with van der Waals surface area (Å²) in [5, 5.41) is 14.2. The molecule has 8 nitrogen and oxygen atoms in total. The van der Waals surface area contributed by atoms with Gasteiger partial charge in [-0.15, -0.1) is 0 Å². The van der Waals surface area contributed by atoms with Crippen LogP contribution in [0.4, 0.5) is 5.69 Å². The molecule has 140 valence electrons. The zero-order valence-corrected chi connectivity index (χ0v) is 15.0. The van der Waals surface area contributed by atoms with Gasteiger partial charge in [0, 0.05) is 25.0 Å². The number of hydrogen-bond donors (Lipinski definition) is 2. The first-order chi connectivity index (χ1) is 13.2. The summed E-state index contributed by atoms with van der Waals surface area (Å²) in [5.41, 5.74) is 2.49. The number of carbonyl (C=O) groups is 1. The maximum Gasteiger partial charge on any atom is 0.273 e. The monoisotopic (exact) mass is 367 g/mol. The molecule has 8 heteroatoms. The number of ether oxygens (including phenoxy) is 2. The molecule has 1 aromatic carbocycles. The Morgan fingerprint density at radius 2 is 2.15 bits per heavy atom. The van der Waals surface area contributed by atoms with Gasteiger partial charge in [-0.2, -0.15) is 10.2 Å². The number of aromatic amines is 1. The summed E-state index contributed by atoms with van der Waals surface area (Å²) in [6.07, 6.45) is 5.37. The number of anilines is 1. The van der Waals surface area contributed by atoms with Crippen molar-refractivity contribution in [3.05, 3.63) is 48.4 Å². The lowest BCUT2D eigenvalue weighted by molar-refractivity contribution is 0.0662. The van der Waals surface area contributed by atoms with E-state index in [2.05, 4.69) is 20.6 Å². The van der Waals surface area contributed by atoms with Crippen LogP contribution in [-0.4, -0.2) is 46.2 Å². The van der Waals surface area contributed by atoms with Crippen molar-refractivity contribution >= 4 is 11.6 Å². The first-order valence-corrected chi connectivity index (χ1v) is 8.86. The Bertz CT molecular complexity index is 927. The summed E-state index contributed by atoms with van der Waals surface area (Å²) in [6, 6.07) is 9.56. The minimum atomic E-state index is -0.268. The largest absolute Gasteiger partial charge is 0.496 e. The van der Waals surface area contributed by atoms with Crippen molar-refractivity contribution in [2.75, 3.05) is 25.6 Å². The Balaban J connectivity index is 1.46. The van der Waals surface area contributed by atoms with Crippen molar-refractivity contribution in [2.45, 2.75) is 18.9 Å². The fourth-order valence-electron chi connectivity index (χ4n) is 3.18. The van der Waals surface area contributed by atoms with E-state index < -0.39 is 0 Å². The van der Waals surface area contributed by atoms with Crippen LogP contribution in [0.5, 0.6) is 5.75 Å². The van der Waals surface area contributed by atoms with Gasteiger partial charge in [0.15, 0.2) is 0 Å². The summed E-state index contributed by atoms with van der Waals surface area (Å²) in [7, 11) is 1.61. The highest BCUT2D eigenvalue weighted by Gasteiger charge is 2.18. The van der Waals surface area contributed by atoms with E-state index >= 15 is 0 Å². The van der Waals surface area contributed by atoms with Crippen LogP contribution in [0, 0.1) is 0 Å². The minimum Gasteiger partial charge on any atom is -0.496 e. The molecule has 1 aliphatic heterocycles. The molecule has 0 spiro atoms. The van der Waals surface area contributed by atoms with E-state index in [1.807, 2.05) is 35.1 Å². The van der Waals surface area contributed by atoms with Gasteiger partial charge in [0.2, 0.25) is 0 Å². The van der Waals surface area contributed by atoms with Gasteiger partial charge in [0.1, 0.15) is 11.4 Å². The number of H-pyrrole nitrogens is 1. The lowest BCUT2D eigenvalue weighted by Gasteiger charge is -2.22. The quantitative estimate of drug-likeness (QED) is 0.723. The molecule has 4 rings (SSSR count). The second-order valence-corrected chi connectivity index (χ2v) is 6.37. The molecule has 0 saturated carbocycles. The fourth-order valence-corrected chi connectivity index (χ4v) is 3.18. The molecule has 2 aromatic heterocycles. The maximum atomic E-state index is 12.5. The number of benzene rings is 1. The number of carbonyl (C=O) groups excluding carboxylic acids is 1. The van der Waals surface area contributed by atoms with Crippen LogP contribution in [0.25, 0.3) is 11.3 Å². The van der Waals surface area contributed by atoms with Crippen LogP contribution in [0.1, 0.15) is 29.4 Å². The molecule has 1 fully saturated rings. The van der Waals surface area contributed by atoms with Gasteiger partial charge in [0.25, 0.3) is 5.91 Å². The molecule has 0 unspecified atom stereocenters. The number of methoxy groups -OCH3 is 1. The lowest BCUT2D eigenvalue weighted by atomic mass is 10.1. The van der Waals surface area contributed by atoms with E-state index in [4.69, 9.17) is 9.47 Å². The third-order valence-corrected chi connectivity index (χ3v) is 4.63. The molecule has 27 heavy (non-hydrogen) atoms. The zero-order chi connectivity index (χ0) is 18.6. The lowest BCUT2D eigenvalue weighted by Crippen LogP contribution is -2.19. The fraction of sp³-hybridized carbons (Fsp3) is 0.316. The highest BCUT2D eigenvalue weighted by Crippen LogP contribution is 2.28. The standard InChI is InChI=1S/C19H21N5O3/c1-26-18-5-3-2-4-15(18)16-10-17(23-22-16)19(25)21-13-11-20-24(12-13)14-6-8-27-9-7-14/h2-5,10-12,14H,6-9H2,1H3,(H,21,25)(H,22,23). The Labute approximate surface area is 156 Å². The first-order valence-electron chi connectivity index (χ1n) is 8.86. The number of nitrogens with one attached hydrogen (secondary N) is 2. The summed E-state index contributed by atoms with van der Waals surface area (Å²) in [6.45, 7) is 1.48. The Morgan fingerprint density at radius 1 is 1.33 bits per heavy atom. The molecular weight excluding hydrogens is 346 g/mol. The molecule has 2 N–H and O–H groups in total. The van der Waals surface area contributed by atoms with Gasteiger partial charge in [-0.1, -0.05) is 12.1 Å². The van der Waals surface area contributed by atoms with Crippen molar-refractivity contribution in [2.24, 2.45) is 0 Å². The van der Waals surface area contributed by atoms with Gasteiger partial charge in [-0.3, -0.25) is 14.6 Å². The molecule has 0 atom stereocenters. The molecule has 0 radical (unpaired) electrons. The number of nitrogens with zero attached hydrogens (tertiary/aromatic N) is 3. The summed E-state index contributed by atoms with van der Waals surface area (Å²) in [4.78, 5) is 12.5. The molecule has 1 aliphatic rings. The molecule has 0 bridgehead atoms. The number of hydrogen-bond acceptors (Lipinski definition) is 5. The van der Waals surface area contributed by atoms with E-state index in [-0.39, 0.29) is 5.91 Å². The van der Waals surface area contributed by atoms with E-state index in [0.717, 1.165) is 31.6 Å². The Kier molecular flexibility index (Phi) is 4.88. The smallest absolute Gasteiger partial charge is 0.273 e. The predicted molar refractivity (Wildman–Crippen MR) is 99.8 cm³/mol. The SMILES string of the molecule is COc1ccccc1-c1cc(C(=O)Nc2cnn(C3CCOCC3)c2)[nH]n1. The summed E-state index contributed by atoms with van der Waals surface area (Å²) in [5.74, 6) is 0.434. The number of para-hydroxylation sites is 1. The van der Waals surface area contributed by atoms with Gasteiger partial charge < -0.3 is 14.8 Å². The Morgan fingerprint density at radius 3 is 2.96 bits per heavy atom. The van der Waals surface area contributed by atoms with Crippen molar-refractivity contribution in [3.63, 3.8) is 0 Å². The van der Waals surface area contributed by atoms with Crippen molar-refractivity contribution in [1.29, 1.82) is 0 Å². The predicted octanol–water partition coefficient (Wildman–Crippen LogP) is 2.89. The molecule has 1 amide bonds. The highest BCUT2D eigenvalue weighted by molar-refractivity contribution is 6.03. The van der Waals surface area contributed by atoms with Crippen LogP contribution < -0.4 is 10.1 Å². The van der Waals surface area contributed by atoms with Gasteiger partial charge >= 0.3 is 0 Å². The topological polar surface area (TPSA) is 94.1 Å². The third kappa shape index (κ3) is 3.70. The number of rotatable bonds is 5. The first kappa shape index (κ1) is 17.3. The summed E-state index contributed by atoms with van der Waals surface area (Å²) < 4.78 is 12.6. The van der Waals surface area contributed by atoms with Gasteiger partial charge in [-0.25, -0.2) is 0 Å². The average molecular weight is 367 g/mol. The molecule has 1 saturated heterocycles.